The Labute approximate surface area is 109 Å². The van der Waals surface area contributed by atoms with Gasteiger partial charge in [-0.3, -0.25) is 0 Å². The van der Waals surface area contributed by atoms with Crippen molar-refractivity contribution in [2.24, 2.45) is 0 Å². The first-order valence-electron chi connectivity index (χ1n) is 6.77. The van der Waals surface area contributed by atoms with Crippen LogP contribution in [0, 0.1) is 0 Å². The molecule has 3 heteroatoms. The summed E-state index contributed by atoms with van der Waals surface area (Å²) in [7, 11) is 2.23. The average Bonchev–Trinajstić information content (AvgIpc) is 2.83. The van der Waals surface area contributed by atoms with Gasteiger partial charge in [0.2, 0.25) is 0 Å². The largest absolute Gasteiger partial charge is 0.314 e. The van der Waals surface area contributed by atoms with E-state index in [0.29, 0.717) is 0 Å². The monoisotopic (exact) mass is 252 g/mol. The molecule has 1 aliphatic rings. The highest BCUT2D eigenvalue weighted by atomic mass is 32.1. The van der Waals surface area contributed by atoms with E-state index >= 15 is 0 Å². The topological polar surface area (TPSA) is 15.3 Å². The summed E-state index contributed by atoms with van der Waals surface area (Å²) in [6.45, 7) is 3.55. The maximum atomic E-state index is 3.62. The van der Waals surface area contributed by atoms with E-state index in [1.807, 2.05) is 0 Å². The van der Waals surface area contributed by atoms with Crippen molar-refractivity contribution in [3.8, 4) is 0 Å². The second-order valence-corrected chi connectivity index (χ2v) is 5.94. The number of hydrogen-bond donors (Lipinski definition) is 1. The molecule has 0 bridgehead atoms. The van der Waals surface area contributed by atoms with Crippen LogP contribution in [0.1, 0.15) is 37.7 Å². The van der Waals surface area contributed by atoms with Crippen molar-refractivity contribution in [2.75, 3.05) is 20.1 Å². The summed E-state index contributed by atoms with van der Waals surface area (Å²) in [5.41, 5.74) is 1.45. The number of piperidine rings is 1. The zero-order valence-corrected chi connectivity index (χ0v) is 11.6. The first-order chi connectivity index (χ1) is 8.34. The predicted octanol–water partition coefficient (Wildman–Crippen LogP) is 3.10. The number of nitrogens with zero attached hydrogens (tertiary/aromatic N) is 1. The smallest absolute Gasteiger partial charge is 0.0238 e. The highest BCUT2D eigenvalue weighted by Crippen LogP contribution is 2.13. The molecule has 1 unspecified atom stereocenters. The van der Waals surface area contributed by atoms with Crippen LogP contribution in [0.25, 0.3) is 0 Å². The Morgan fingerprint density at radius 1 is 1.47 bits per heavy atom. The quantitative estimate of drug-likeness (QED) is 0.837. The molecular weight excluding hydrogens is 228 g/mol. The van der Waals surface area contributed by atoms with E-state index in [-0.39, 0.29) is 0 Å². The van der Waals surface area contributed by atoms with Gasteiger partial charge in [0, 0.05) is 12.6 Å². The fourth-order valence-electron chi connectivity index (χ4n) is 2.55. The molecule has 0 radical (unpaired) electrons. The minimum absolute atomic E-state index is 0.790. The lowest BCUT2D eigenvalue weighted by Crippen LogP contribution is -2.34. The summed E-state index contributed by atoms with van der Waals surface area (Å²) in [5, 5.41) is 8.03. The van der Waals surface area contributed by atoms with Crippen molar-refractivity contribution >= 4 is 11.3 Å². The molecule has 1 atom stereocenters. The molecule has 1 saturated heterocycles. The second kappa shape index (κ2) is 7.14. The molecule has 1 fully saturated rings. The van der Waals surface area contributed by atoms with Crippen LogP contribution in [0.2, 0.25) is 0 Å². The van der Waals surface area contributed by atoms with E-state index in [4.69, 9.17) is 0 Å². The van der Waals surface area contributed by atoms with Crippen LogP contribution in [0.5, 0.6) is 0 Å². The van der Waals surface area contributed by atoms with Gasteiger partial charge in [0.1, 0.15) is 0 Å². The first-order valence-corrected chi connectivity index (χ1v) is 7.72. The van der Waals surface area contributed by atoms with Gasteiger partial charge in [0.05, 0.1) is 0 Å². The van der Waals surface area contributed by atoms with Gasteiger partial charge < -0.3 is 10.2 Å². The third kappa shape index (κ3) is 4.78. The minimum Gasteiger partial charge on any atom is -0.314 e. The van der Waals surface area contributed by atoms with Crippen LogP contribution < -0.4 is 5.32 Å². The van der Waals surface area contributed by atoms with E-state index in [1.54, 1.807) is 11.3 Å². The fourth-order valence-corrected chi connectivity index (χ4v) is 3.21. The van der Waals surface area contributed by atoms with Crippen LogP contribution >= 0.6 is 11.3 Å². The molecule has 2 heterocycles. The van der Waals surface area contributed by atoms with Crippen LogP contribution in [-0.4, -0.2) is 31.1 Å². The SMILES string of the molecule is CN(CCCC1CCCCN1)Cc1ccsc1. The normalized spacial score (nSPS) is 20.9. The highest BCUT2D eigenvalue weighted by molar-refractivity contribution is 7.07. The Balaban J connectivity index is 1.58. The molecule has 0 amide bonds. The molecule has 1 N–H and O–H groups in total. The van der Waals surface area contributed by atoms with Gasteiger partial charge in [-0.15, -0.1) is 0 Å². The third-order valence-corrected chi connectivity index (χ3v) is 4.27. The summed E-state index contributed by atoms with van der Waals surface area (Å²) < 4.78 is 0. The van der Waals surface area contributed by atoms with Crippen molar-refractivity contribution in [3.05, 3.63) is 22.4 Å². The van der Waals surface area contributed by atoms with Gasteiger partial charge in [0.25, 0.3) is 0 Å². The zero-order chi connectivity index (χ0) is 11.9. The summed E-state index contributed by atoms with van der Waals surface area (Å²) in [5.74, 6) is 0. The lowest BCUT2D eigenvalue weighted by molar-refractivity contribution is 0.298. The number of thiophene rings is 1. The molecule has 0 aromatic carbocycles. The average molecular weight is 252 g/mol. The molecule has 0 saturated carbocycles. The van der Waals surface area contributed by atoms with E-state index in [9.17, 15) is 0 Å². The van der Waals surface area contributed by atoms with E-state index < -0.39 is 0 Å². The van der Waals surface area contributed by atoms with Crippen molar-refractivity contribution in [1.82, 2.24) is 10.2 Å². The van der Waals surface area contributed by atoms with Crippen LogP contribution in [0.15, 0.2) is 16.8 Å². The minimum atomic E-state index is 0.790. The lowest BCUT2D eigenvalue weighted by Gasteiger charge is -2.24. The van der Waals surface area contributed by atoms with Crippen molar-refractivity contribution in [2.45, 2.75) is 44.7 Å². The van der Waals surface area contributed by atoms with Gasteiger partial charge in [-0.1, -0.05) is 6.42 Å². The Morgan fingerprint density at radius 2 is 2.41 bits per heavy atom. The van der Waals surface area contributed by atoms with Crippen LogP contribution in [-0.2, 0) is 6.54 Å². The maximum absolute atomic E-state index is 3.62. The number of nitrogens with one attached hydrogen (secondary N) is 1. The summed E-state index contributed by atoms with van der Waals surface area (Å²) in [4.78, 5) is 2.44. The molecule has 1 aromatic rings. The van der Waals surface area contributed by atoms with Gasteiger partial charge in [-0.25, -0.2) is 0 Å². The summed E-state index contributed by atoms with van der Waals surface area (Å²) in [6, 6.07) is 3.02. The molecule has 2 nitrogen and oxygen atoms in total. The fraction of sp³-hybridized carbons (Fsp3) is 0.714. The summed E-state index contributed by atoms with van der Waals surface area (Å²) in [6.07, 6.45) is 6.83. The van der Waals surface area contributed by atoms with E-state index in [0.717, 1.165) is 12.6 Å². The number of rotatable bonds is 6. The first kappa shape index (κ1) is 13.1. The standard InChI is InChI=1S/C14H24N2S/c1-16(11-13-7-10-17-12-13)9-4-6-14-5-2-3-8-15-14/h7,10,12,14-15H,2-6,8-9,11H2,1H3. The number of hydrogen-bond acceptors (Lipinski definition) is 3. The Morgan fingerprint density at radius 3 is 3.12 bits per heavy atom. The van der Waals surface area contributed by atoms with Gasteiger partial charge in [-0.05, 0) is 68.2 Å². The zero-order valence-electron chi connectivity index (χ0n) is 10.8. The predicted molar refractivity (Wildman–Crippen MR) is 75.5 cm³/mol. The second-order valence-electron chi connectivity index (χ2n) is 5.16. The van der Waals surface area contributed by atoms with Gasteiger partial charge >= 0.3 is 0 Å². The molecule has 0 aliphatic carbocycles. The molecule has 1 aliphatic heterocycles. The third-order valence-electron chi connectivity index (χ3n) is 3.54. The lowest BCUT2D eigenvalue weighted by atomic mass is 10.0. The Bertz CT molecular complexity index is 291. The van der Waals surface area contributed by atoms with E-state index in [2.05, 4.69) is 34.1 Å². The van der Waals surface area contributed by atoms with Gasteiger partial charge in [-0.2, -0.15) is 11.3 Å². The highest BCUT2D eigenvalue weighted by Gasteiger charge is 2.12. The molecule has 17 heavy (non-hydrogen) atoms. The van der Waals surface area contributed by atoms with Crippen LogP contribution in [0.3, 0.4) is 0 Å². The maximum Gasteiger partial charge on any atom is 0.0238 e. The Kier molecular flexibility index (Phi) is 5.49. The molecule has 0 spiro atoms. The van der Waals surface area contributed by atoms with Crippen LogP contribution in [0.4, 0.5) is 0 Å². The van der Waals surface area contributed by atoms with Crippen molar-refractivity contribution < 1.29 is 0 Å². The Hall–Kier alpha value is -0.380. The summed E-state index contributed by atoms with van der Waals surface area (Å²) >= 11 is 1.79. The van der Waals surface area contributed by atoms with Crippen molar-refractivity contribution in [3.63, 3.8) is 0 Å². The van der Waals surface area contributed by atoms with E-state index in [1.165, 1.54) is 50.8 Å². The van der Waals surface area contributed by atoms with Crippen molar-refractivity contribution in [1.29, 1.82) is 0 Å². The molecule has 1 aromatic heterocycles. The molecule has 96 valence electrons. The van der Waals surface area contributed by atoms with Gasteiger partial charge in [0.15, 0.2) is 0 Å². The molecular formula is C14H24N2S. The molecule has 2 rings (SSSR count).